The molecule has 0 saturated heterocycles. The molecule has 0 aliphatic heterocycles. The molecule has 0 saturated carbocycles. The van der Waals surface area contributed by atoms with Crippen LogP contribution in [0.1, 0.15) is 30.6 Å². The molecule has 1 aromatic rings. The lowest BCUT2D eigenvalue weighted by Crippen LogP contribution is -2.34. The van der Waals surface area contributed by atoms with Gasteiger partial charge in [0, 0.05) is 0 Å². The fourth-order valence-electron chi connectivity index (χ4n) is 1.17. The zero-order valence-electron chi connectivity index (χ0n) is 9.86. The van der Waals surface area contributed by atoms with Crippen LogP contribution in [-0.2, 0) is 9.53 Å². The maximum atomic E-state index is 11.6. The fourth-order valence-corrected chi connectivity index (χ4v) is 1.94. The predicted octanol–water partition coefficient (Wildman–Crippen LogP) is 1.60. The highest BCUT2D eigenvalue weighted by atomic mass is 32.1. The molecule has 0 bridgehead atoms. The zero-order valence-corrected chi connectivity index (χ0v) is 10.7. The van der Waals surface area contributed by atoms with E-state index in [-0.39, 0.29) is 5.91 Å². The van der Waals surface area contributed by atoms with E-state index in [4.69, 9.17) is 10.5 Å². The Kier molecular flexibility index (Phi) is 5.11. The van der Waals surface area contributed by atoms with Crippen LogP contribution in [0.25, 0.3) is 0 Å². The summed E-state index contributed by atoms with van der Waals surface area (Å²) in [6.07, 6.45) is 0.548. The van der Waals surface area contributed by atoms with Gasteiger partial charge in [-0.25, -0.2) is 4.79 Å². The Balaban J connectivity index is 2.75. The molecule has 1 aromatic heterocycles. The van der Waals surface area contributed by atoms with Crippen molar-refractivity contribution >= 4 is 28.2 Å². The maximum absolute atomic E-state index is 11.6. The SMILES string of the molecule is CCOC(=O)c1ccsc1NC(=O)C(N)CC. The average Bonchev–Trinajstić information content (AvgIpc) is 2.76. The second-order valence-corrected chi connectivity index (χ2v) is 4.30. The van der Waals surface area contributed by atoms with Crippen molar-refractivity contribution in [3.63, 3.8) is 0 Å². The molecule has 0 fully saturated rings. The molecular weight excluding hydrogens is 240 g/mol. The Morgan fingerprint density at radius 3 is 2.82 bits per heavy atom. The van der Waals surface area contributed by atoms with Crippen LogP contribution in [0.15, 0.2) is 11.4 Å². The van der Waals surface area contributed by atoms with Gasteiger partial charge in [-0.3, -0.25) is 4.79 Å². The van der Waals surface area contributed by atoms with Crippen LogP contribution >= 0.6 is 11.3 Å². The Morgan fingerprint density at radius 1 is 1.53 bits per heavy atom. The van der Waals surface area contributed by atoms with E-state index in [0.717, 1.165) is 0 Å². The summed E-state index contributed by atoms with van der Waals surface area (Å²) in [4.78, 5) is 23.1. The van der Waals surface area contributed by atoms with Gasteiger partial charge in [0.2, 0.25) is 5.91 Å². The largest absolute Gasteiger partial charge is 0.462 e. The number of nitrogens with two attached hydrogens (primary N) is 1. The van der Waals surface area contributed by atoms with E-state index in [1.807, 2.05) is 6.92 Å². The Morgan fingerprint density at radius 2 is 2.24 bits per heavy atom. The Labute approximate surface area is 104 Å². The monoisotopic (exact) mass is 256 g/mol. The number of amides is 1. The third-order valence-electron chi connectivity index (χ3n) is 2.17. The number of nitrogens with one attached hydrogen (secondary N) is 1. The fraction of sp³-hybridized carbons (Fsp3) is 0.455. The number of hydrogen-bond donors (Lipinski definition) is 2. The molecule has 1 heterocycles. The maximum Gasteiger partial charge on any atom is 0.341 e. The molecule has 0 radical (unpaired) electrons. The summed E-state index contributed by atoms with van der Waals surface area (Å²) in [5, 5.41) is 4.84. The lowest BCUT2D eigenvalue weighted by molar-refractivity contribution is -0.117. The molecule has 1 atom stereocenters. The van der Waals surface area contributed by atoms with Gasteiger partial charge in [-0.05, 0) is 24.8 Å². The van der Waals surface area contributed by atoms with Gasteiger partial charge in [0.25, 0.3) is 0 Å². The molecule has 5 nitrogen and oxygen atoms in total. The van der Waals surface area contributed by atoms with Crippen molar-refractivity contribution in [1.82, 2.24) is 0 Å². The standard InChI is InChI=1S/C11H16N2O3S/c1-3-8(12)9(14)13-10-7(5-6-17-10)11(15)16-4-2/h5-6,8H,3-4,12H2,1-2H3,(H,13,14). The first-order chi connectivity index (χ1) is 8.10. The normalized spacial score (nSPS) is 11.9. The van der Waals surface area contributed by atoms with Gasteiger partial charge >= 0.3 is 5.97 Å². The van der Waals surface area contributed by atoms with Crippen molar-refractivity contribution < 1.29 is 14.3 Å². The third kappa shape index (κ3) is 3.54. The molecule has 17 heavy (non-hydrogen) atoms. The molecule has 0 aliphatic carbocycles. The highest BCUT2D eigenvalue weighted by Crippen LogP contribution is 2.24. The summed E-state index contributed by atoms with van der Waals surface area (Å²) in [5.41, 5.74) is 5.96. The average molecular weight is 256 g/mol. The molecule has 1 rings (SSSR count). The van der Waals surface area contributed by atoms with Crippen LogP contribution < -0.4 is 11.1 Å². The van der Waals surface area contributed by atoms with E-state index in [1.54, 1.807) is 18.4 Å². The molecule has 0 spiro atoms. The second-order valence-electron chi connectivity index (χ2n) is 3.39. The van der Waals surface area contributed by atoms with E-state index < -0.39 is 12.0 Å². The van der Waals surface area contributed by atoms with E-state index in [9.17, 15) is 9.59 Å². The lowest BCUT2D eigenvalue weighted by Gasteiger charge is -2.09. The number of carbonyl (C=O) groups is 2. The number of thiophene rings is 1. The zero-order chi connectivity index (χ0) is 12.8. The van der Waals surface area contributed by atoms with Crippen molar-refractivity contribution in [2.45, 2.75) is 26.3 Å². The smallest absolute Gasteiger partial charge is 0.341 e. The van der Waals surface area contributed by atoms with Crippen molar-refractivity contribution in [3.8, 4) is 0 Å². The van der Waals surface area contributed by atoms with Crippen molar-refractivity contribution in [2.75, 3.05) is 11.9 Å². The van der Waals surface area contributed by atoms with Crippen molar-refractivity contribution in [3.05, 3.63) is 17.0 Å². The van der Waals surface area contributed by atoms with Crippen LogP contribution in [0.2, 0.25) is 0 Å². The molecule has 1 amide bonds. The summed E-state index contributed by atoms with van der Waals surface area (Å²) < 4.78 is 4.88. The number of rotatable bonds is 5. The predicted molar refractivity (Wildman–Crippen MR) is 67.2 cm³/mol. The van der Waals surface area contributed by atoms with Gasteiger partial charge in [0.15, 0.2) is 0 Å². The molecule has 0 aliphatic rings. The third-order valence-corrected chi connectivity index (χ3v) is 3.00. The Hall–Kier alpha value is -1.40. The van der Waals surface area contributed by atoms with Gasteiger partial charge in [0.1, 0.15) is 5.00 Å². The first-order valence-electron chi connectivity index (χ1n) is 5.41. The second kappa shape index (κ2) is 6.36. The van der Waals surface area contributed by atoms with Gasteiger partial charge in [0.05, 0.1) is 18.2 Å². The van der Waals surface area contributed by atoms with Crippen molar-refractivity contribution in [2.24, 2.45) is 5.73 Å². The quantitative estimate of drug-likeness (QED) is 0.784. The minimum absolute atomic E-state index is 0.291. The van der Waals surface area contributed by atoms with E-state index in [2.05, 4.69) is 5.32 Å². The molecular formula is C11H16N2O3S. The molecule has 1 unspecified atom stereocenters. The topological polar surface area (TPSA) is 81.4 Å². The summed E-state index contributed by atoms with van der Waals surface area (Å²) in [6, 6.07) is 1.06. The minimum atomic E-state index is -0.563. The van der Waals surface area contributed by atoms with Gasteiger partial charge < -0.3 is 15.8 Å². The molecule has 94 valence electrons. The number of hydrogen-bond acceptors (Lipinski definition) is 5. The van der Waals surface area contributed by atoms with Crippen LogP contribution in [0, 0.1) is 0 Å². The van der Waals surface area contributed by atoms with E-state index in [1.165, 1.54) is 11.3 Å². The molecule has 0 aromatic carbocycles. The Bertz CT molecular complexity index is 403. The van der Waals surface area contributed by atoms with Gasteiger partial charge in [-0.2, -0.15) is 0 Å². The van der Waals surface area contributed by atoms with Crippen molar-refractivity contribution in [1.29, 1.82) is 0 Å². The lowest BCUT2D eigenvalue weighted by atomic mass is 10.2. The number of esters is 1. The van der Waals surface area contributed by atoms with Crippen LogP contribution in [0.4, 0.5) is 5.00 Å². The minimum Gasteiger partial charge on any atom is -0.462 e. The van der Waals surface area contributed by atoms with Crippen LogP contribution in [0.3, 0.4) is 0 Å². The summed E-state index contributed by atoms with van der Waals surface area (Å²) in [6.45, 7) is 3.86. The van der Waals surface area contributed by atoms with Gasteiger partial charge in [-0.1, -0.05) is 6.92 Å². The number of anilines is 1. The number of carbonyl (C=O) groups excluding carboxylic acids is 2. The first kappa shape index (κ1) is 13.7. The highest BCUT2D eigenvalue weighted by Gasteiger charge is 2.18. The first-order valence-corrected chi connectivity index (χ1v) is 6.29. The van der Waals surface area contributed by atoms with Crippen LogP contribution in [0.5, 0.6) is 0 Å². The summed E-state index contributed by atoms with van der Waals surface area (Å²) in [5.74, 6) is -0.727. The number of ether oxygens (including phenoxy) is 1. The summed E-state index contributed by atoms with van der Waals surface area (Å²) >= 11 is 1.27. The van der Waals surface area contributed by atoms with Crippen LogP contribution in [-0.4, -0.2) is 24.5 Å². The molecule has 6 heteroatoms. The summed E-state index contributed by atoms with van der Waals surface area (Å²) in [7, 11) is 0. The van der Waals surface area contributed by atoms with Gasteiger partial charge in [-0.15, -0.1) is 11.3 Å². The van der Waals surface area contributed by atoms with E-state index in [0.29, 0.717) is 23.6 Å². The highest BCUT2D eigenvalue weighted by molar-refractivity contribution is 7.14. The molecule has 3 N–H and O–H groups in total. The van der Waals surface area contributed by atoms with E-state index >= 15 is 0 Å².